The van der Waals surface area contributed by atoms with Crippen molar-refractivity contribution < 1.29 is 19.4 Å². The monoisotopic (exact) mass is 578 g/mol. The molecule has 3 aliphatic rings. The van der Waals surface area contributed by atoms with Gasteiger partial charge in [0, 0.05) is 50.9 Å². The van der Waals surface area contributed by atoms with Crippen LogP contribution in [0.1, 0.15) is 35.4 Å². The van der Waals surface area contributed by atoms with Gasteiger partial charge >= 0.3 is 0 Å². The Morgan fingerprint density at radius 3 is 2.68 bits per heavy atom. The zero-order valence-corrected chi connectivity index (χ0v) is 21.7. The van der Waals surface area contributed by atoms with Crippen molar-refractivity contribution in [2.45, 2.75) is 43.0 Å². The topological polar surface area (TPSA) is 128 Å². The van der Waals surface area contributed by atoms with E-state index in [9.17, 15) is 25.0 Å². The molecular formula is C27H23BrN4O6. The third-order valence-corrected chi connectivity index (χ3v) is 8.43. The minimum Gasteiger partial charge on any atom is -0.489 e. The summed E-state index contributed by atoms with van der Waals surface area (Å²) < 4.78 is 6.90. The number of nitrogens with one attached hydrogen (secondary N) is 1. The van der Waals surface area contributed by atoms with E-state index in [1.165, 1.54) is 12.1 Å². The molecule has 11 heteroatoms. The van der Waals surface area contributed by atoms with Crippen molar-refractivity contribution >= 4 is 33.2 Å². The Morgan fingerprint density at radius 1 is 1.08 bits per heavy atom. The van der Waals surface area contributed by atoms with E-state index in [1.807, 2.05) is 23.1 Å². The number of rotatable bonds is 6. The number of ether oxygens (including phenoxy) is 1. The van der Waals surface area contributed by atoms with Crippen LogP contribution >= 0.6 is 15.9 Å². The molecule has 2 fully saturated rings. The van der Waals surface area contributed by atoms with Crippen molar-refractivity contribution in [3.05, 3.63) is 108 Å². The van der Waals surface area contributed by atoms with Crippen LogP contribution in [-0.2, 0) is 16.9 Å². The highest BCUT2D eigenvalue weighted by Crippen LogP contribution is 2.59. The molecule has 1 spiro atoms. The van der Waals surface area contributed by atoms with Crippen molar-refractivity contribution in [2.75, 3.05) is 11.9 Å². The summed E-state index contributed by atoms with van der Waals surface area (Å²) in [5.41, 5.74) is 1.01. The Morgan fingerprint density at radius 2 is 1.89 bits per heavy atom. The maximum atomic E-state index is 13.7. The normalized spacial score (nSPS) is 25.7. The summed E-state index contributed by atoms with van der Waals surface area (Å²) in [5.74, 6) is -0.543. The minimum atomic E-state index is -1.43. The number of fused-ring (bicyclic) bond motifs is 4. The van der Waals surface area contributed by atoms with Gasteiger partial charge < -0.3 is 10.1 Å². The fourth-order valence-corrected chi connectivity index (χ4v) is 6.96. The first-order chi connectivity index (χ1) is 18.3. The standard InChI is InChI=1S/C27H23BrN4O6/c28-17-10-11-23(38-15-16-5-3-6-18(13-16)31(34)35)19(14-17)24-22-9-4-12-30(22)27(25(24)32(36)37)20-7-1-2-8-21(20)29-26(27)33/h1-3,5-8,10-11,13-14,22,24-25H,4,9,12,15H2,(H,29,33)/t22-,24+,25-,27+/m1/s1. The van der Waals surface area contributed by atoms with Crippen LogP contribution in [0.5, 0.6) is 5.75 Å². The highest BCUT2D eigenvalue weighted by atomic mass is 79.9. The molecule has 10 nitrogen and oxygen atoms in total. The third kappa shape index (κ3) is 3.60. The fourth-order valence-electron chi connectivity index (χ4n) is 6.58. The molecule has 38 heavy (non-hydrogen) atoms. The molecular weight excluding hydrogens is 556 g/mol. The first-order valence-electron chi connectivity index (χ1n) is 12.3. The lowest BCUT2D eigenvalue weighted by Crippen LogP contribution is -2.55. The summed E-state index contributed by atoms with van der Waals surface area (Å²) >= 11 is 3.51. The number of para-hydroxylation sites is 1. The highest BCUT2D eigenvalue weighted by molar-refractivity contribution is 9.10. The summed E-state index contributed by atoms with van der Waals surface area (Å²) in [4.78, 5) is 39.0. The summed E-state index contributed by atoms with van der Waals surface area (Å²) in [5, 5.41) is 27.0. The molecule has 194 valence electrons. The van der Waals surface area contributed by atoms with E-state index in [1.54, 1.807) is 36.4 Å². The predicted molar refractivity (Wildman–Crippen MR) is 142 cm³/mol. The molecule has 0 unspecified atom stereocenters. The van der Waals surface area contributed by atoms with Gasteiger partial charge in [0.1, 0.15) is 12.4 Å². The first-order valence-corrected chi connectivity index (χ1v) is 13.1. The van der Waals surface area contributed by atoms with Gasteiger partial charge in [0.05, 0.1) is 10.8 Å². The van der Waals surface area contributed by atoms with Crippen LogP contribution in [0.4, 0.5) is 11.4 Å². The van der Waals surface area contributed by atoms with Crippen LogP contribution in [0.2, 0.25) is 0 Å². The second-order valence-corrected chi connectivity index (χ2v) is 10.7. The lowest BCUT2D eigenvalue weighted by Gasteiger charge is -2.32. The fraction of sp³-hybridized carbons (Fsp3) is 0.296. The van der Waals surface area contributed by atoms with E-state index in [0.717, 1.165) is 10.9 Å². The number of amides is 1. The van der Waals surface area contributed by atoms with E-state index in [0.29, 0.717) is 41.1 Å². The van der Waals surface area contributed by atoms with Crippen LogP contribution < -0.4 is 10.1 Å². The Kier molecular flexibility index (Phi) is 5.92. The predicted octanol–water partition coefficient (Wildman–Crippen LogP) is 4.99. The summed E-state index contributed by atoms with van der Waals surface area (Å²) in [7, 11) is 0. The van der Waals surface area contributed by atoms with Gasteiger partial charge in [-0.2, -0.15) is 0 Å². The van der Waals surface area contributed by atoms with Crippen LogP contribution in [-0.4, -0.2) is 39.3 Å². The molecule has 0 bridgehead atoms. The molecule has 4 atom stereocenters. The SMILES string of the molecule is O=C1Nc2ccccc2[C@]12[C@H]([N+](=O)[O-])[C@@H](c1cc(Br)ccc1OCc1cccc([N+](=O)[O-])c1)[C@H]1CCCN12. The zero-order valence-electron chi connectivity index (χ0n) is 20.1. The number of benzene rings is 3. The number of nitro benzene ring substituents is 1. The number of non-ortho nitro benzene ring substituents is 1. The average Bonchev–Trinajstić information content (AvgIpc) is 3.56. The zero-order chi connectivity index (χ0) is 26.6. The first kappa shape index (κ1) is 24.5. The second-order valence-electron chi connectivity index (χ2n) is 9.82. The van der Waals surface area contributed by atoms with E-state index in [2.05, 4.69) is 21.2 Å². The molecule has 6 rings (SSSR count). The van der Waals surface area contributed by atoms with E-state index in [4.69, 9.17) is 4.74 Å². The van der Waals surface area contributed by atoms with Crippen molar-refractivity contribution in [1.29, 1.82) is 0 Å². The van der Waals surface area contributed by atoms with Gasteiger partial charge in [-0.1, -0.05) is 46.3 Å². The lowest BCUT2D eigenvalue weighted by molar-refractivity contribution is -0.534. The van der Waals surface area contributed by atoms with Crippen molar-refractivity contribution in [3.63, 3.8) is 0 Å². The second kappa shape index (κ2) is 9.17. The highest BCUT2D eigenvalue weighted by Gasteiger charge is 2.73. The molecule has 0 radical (unpaired) electrons. The van der Waals surface area contributed by atoms with Crippen LogP contribution in [0.3, 0.4) is 0 Å². The van der Waals surface area contributed by atoms with Gasteiger partial charge in [-0.15, -0.1) is 0 Å². The number of halogens is 1. The van der Waals surface area contributed by atoms with Crippen LogP contribution in [0, 0.1) is 20.2 Å². The minimum absolute atomic E-state index is 0.0409. The Labute approximate surface area is 226 Å². The summed E-state index contributed by atoms with van der Waals surface area (Å²) in [6.07, 6.45) is 1.53. The van der Waals surface area contributed by atoms with E-state index in [-0.39, 0.29) is 29.2 Å². The molecule has 1 N–H and O–H groups in total. The number of nitrogens with zero attached hydrogens (tertiary/aromatic N) is 3. The van der Waals surface area contributed by atoms with Crippen LogP contribution in [0.15, 0.2) is 71.2 Å². The molecule has 3 heterocycles. The molecule has 1 amide bonds. The number of hydrogen-bond donors (Lipinski definition) is 1. The van der Waals surface area contributed by atoms with Gasteiger partial charge in [0.15, 0.2) is 5.54 Å². The largest absolute Gasteiger partial charge is 0.489 e. The van der Waals surface area contributed by atoms with E-state index >= 15 is 0 Å². The number of carbonyl (C=O) groups is 1. The Balaban J connectivity index is 1.45. The number of nitro groups is 2. The average molecular weight is 579 g/mol. The number of hydrogen-bond acceptors (Lipinski definition) is 7. The summed E-state index contributed by atoms with van der Waals surface area (Å²) in [6.45, 7) is 0.625. The maximum Gasteiger partial charge on any atom is 0.269 e. The Hall–Kier alpha value is -3.83. The molecule has 0 aliphatic carbocycles. The van der Waals surface area contributed by atoms with Gasteiger partial charge in [0.25, 0.3) is 17.6 Å². The molecule has 0 aromatic heterocycles. The van der Waals surface area contributed by atoms with Crippen molar-refractivity contribution in [3.8, 4) is 5.75 Å². The summed E-state index contributed by atoms with van der Waals surface area (Å²) in [6, 6.07) is 17.3. The van der Waals surface area contributed by atoms with Crippen molar-refractivity contribution in [1.82, 2.24) is 4.90 Å². The number of carbonyl (C=O) groups excluding carboxylic acids is 1. The van der Waals surface area contributed by atoms with Crippen molar-refractivity contribution in [2.24, 2.45) is 0 Å². The molecule has 3 aromatic rings. The lowest BCUT2D eigenvalue weighted by atomic mass is 9.77. The van der Waals surface area contributed by atoms with Gasteiger partial charge in [-0.25, -0.2) is 0 Å². The smallest absolute Gasteiger partial charge is 0.269 e. The van der Waals surface area contributed by atoms with Gasteiger partial charge in [0.2, 0.25) is 0 Å². The maximum absolute atomic E-state index is 13.7. The Bertz CT molecular complexity index is 1480. The van der Waals surface area contributed by atoms with Crippen LogP contribution in [0.25, 0.3) is 0 Å². The van der Waals surface area contributed by atoms with E-state index < -0.39 is 22.4 Å². The molecule has 3 aliphatic heterocycles. The molecule has 2 saturated heterocycles. The third-order valence-electron chi connectivity index (χ3n) is 7.94. The number of anilines is 1. The molecule has 3 aromatic carbocycles. The quantitative estimate of drug-likeness (QED) is 0.322. The van der Waals surface area contributed by atoms with Gasteiger partial charge in [-0.3, -0.25) is 29.9 Å². The molecule has 0 saturated carbocycles. The van der Waals surface area contributed by atoms with Gasteiger partial charge in [-0.05, 0) is 42.7 Å².